The Kier molecular flexibility index (Phi) is 5.96. The van der Waals surface area contributed by atoms with E-state index in [1.807, 2.05) is 32.2 Å². The monoisotopic (exact) mass is 398 g/mol. The van der Waals surface area contributed by atoms with Crippen molar-refractivity contribution in [2.24, 2.45) is 11.8 Å². The topological polar surface area (TPSA) is 80.6 Å². The maximum absolute atomic E-state index is 12.0. The van der Waals surface area contributed by atoms with Gasteiger partial charge in [0.25, 0.3) is 0 Å². The van der Waals surface area contributed by atoms with E-state index in [1.54, 1.807) is 6.20 Å². The maximum Gasteiger partial charge on any atom is 0.319 e. The molecule has 0 radical (unpaired) electrons. The summed E-state index contributed by atoms with van der Waals surface area (Å²) in [6.07, 6.45) is 6.64. The highest BCUT2D eigenvalue weighted by Gasteiger charge is 2.53. The number of pyridine rings is 1. The lowest BCUT2D eigenvalue weighted by molar-refractivity contribution is -0.150. The number of nitrogens with zero attached hydrogens (tertiary/aromatic N) is 4. The van der Waals surface area contributed by atoms with E-state index < -0.39 is 5.60 Å². The van der Waals surface area contributed by atoms with E-state index in [-0.39, 0.29) is 11.8 Å². The Hall–Kier alpha value is -2.25. The van der Waals surface area contributed by atoms with Crippen LogP contribution in [0.3, 0.4) is 0 Å². The van der Waals surface area contributed by atoms with Gasteiger partial charge < -0.3 is 14.6 Å². The van der Waals surface area contributed by atoms with Gasteiger partial charge >= 0.3 is 6.01 Å². The van der Waals surface area contributed by atoms with Crippen molar-refractivity contribution in [3.63, 3.8) is 0 Å². The van der Waals surface area contributed by atoms with Crippen LogP contribution in [0.1, 0.15) is 44.4 Å². The van der Waals surface area contributed by atoms with Crippen molar-refractivity contribution < 1.29 is 14.6 Å². The first-order chi connectivity index (χ1) is 14.1. The Morgan fingerprint density at radius 2 is 1.86 bits per heavy atom. The first-order valence-electron chi connectivity index (χ1n) is 10.6. The minimum Gasteiger partial charge on any atom is -0.478 e. The number of piperidine rings is 1. The van der Waals surface area contributed by atoms with Crippen LogP contribution in [0.5, 0.6) is 11.9 Å². The third-order valence-electron chi connectivity index (χ3n) is 6.14. The first kappa shape index (κ1) is 20.0. The molecule has 0 aromatic carbocycles. The number of fused-ring (bicyclic) bond motifs is 2. The normalized spacial score (nSPS) is 26.9. The summed E-state index contributed by atoms with van der Waals surface area (Å²) in [6, 6.07) is 6.31. The van der Waals surface area contributed by atoms with Gasteiger partial charge in [0.05, 0.1) is 24.5 Å². The molecule has 1 saturated heterocycles. The molecule has 2 aliphatic rings. The van der Waals surface area contributed by atoms with E-state index in [9.17, 15) is 5.11 Å². The van der Waals surface area contributed by atoms with Gasteiger partial charge in [-0.15, -0.1) is 0 Å². The molecule has 4 rings (SSSR count). The lowest BCUT2D eigenvalue weighted by Gasteiger charge is -2.53. The number of hydrogen-bond acceptors (Lipinski definition) is 7. The lowest BCUT2D eigenvalue weighted by Crippen LogP contribution is -2.58. The highest BCUT2D eigenvalue weighted by atomic mass is 16.5. The van der Waals surface area contributed by atoms with Crippen molar-refractivity contribution in [3.05, 3.63) is 41.9 Å². The lowest BCUT2D eigenvalue weighted by atomic mass is 9.63. The van der Waals surface area contributed by atoms with Crippen molar-refractivity contribution in [1.29, 1.82) is 0 Å². The van der Waals surface area contributed by atoms with Crippen LogP contribution in [-0.2, 0) is 12.1 Å². The highest BCUT2D eigenvalue weighted by molar-refractivity contribution is 5.34. The minimum atomic E-state index is -0.978. The predicted octanol–water partition coefficient (Wildman–Crippen LogP) is 2.79. The fraction of sp³-hybridized carbons (Fsp3) is 0.591. The zero-order valence-corrected chi connectivity index (χ0v) is 17.3. The molecule has 2 atom stereocenters. The van der Waals surface area contributed by atoms with E-state index in [0.29, 0.717) is 30.7 Å². The summed E-state index contributed by atoms with van der Waals surface area (Å²) in [5, 5.41) is 12.0. The zero-order valence-electron chi connectivity index (χ0n) is 17.3. The van der Waals surface area contributed by atoms with Crippen LogP contribution in [-0.4, -0.2) is 51.3 Å². The van der Waals surface area contributed by atoms with Gasteiger partial charge in [0.2, 0.25) is 5.88 Å². The smallest absolute Gasteiger partial charge is 0.319 e. The van der Waals surface area contributed by atoms with E-state index in [4.69, 9.17) is 9.47 Å². The average Bonchev–Trinajstić information content (AvgIpc) is 2.70. The van der Waals surface area contributed by atoms with Crippen LogP contribution in [0.25, 0.3) is 0 Å². The van der Waals surface area contributed by atoms with Gasteiger partial charge in [0, 0.05) is 43.9 Å². The second-order valence-corrected chi connectivity index (χ2v) is 7.90. The van der Waals surface area contributed by atoms with Gasteiger partial charge in [-0.3, -0.25) is 9.88 Å². The molecule has 2 unspecified atom stereocenters. The van der Waals surface area contributed by atoms with Gasteiger partial charge in [0.15, 0.2) is 0 Å². The number of rotatable bonds is 7. The predicted molar refractivity (Wildman–Crippen MR) is 109 cm³/mol. The second kappa shape index (κ2) is 8.63. The summed E-state index contributed by atoms with van der Waals surface area (Å²) in [4.78, 5) is 15.7. The van der Waals surface area contributed by atoms with Crippen LogP contribution in [0, 0.1) is 11.8 Å². The van der Waals surface area contributed by atoms with Gasteiger partial charge in [0.1, 0.15) is 5.60 Å². The SMILES string of the molecule is CCOc1ncc(C2(O)C3CCCC2CN(Cc2ccccn2)C3)c(OCC)n1. The summed E-state index contributed by atoms with van der Waals surface area (Å²) in [7, 11) is 0. The second-order valence-electron chi connectivity index (χ2n) is 7.90. The van der Waals surface area contributed by atoms with Crippen LogP contribution in [0.2, 0.25) is 0 Å². The molecule has 1 aliphatic carbocycles. The molecule has 7 heteroatoms. The van der Waals surface area contributed by atoms with E-state index in [1.165, 1.54) is 0 Å². The molecule has 0 spiro atoms. The minimum absolute atomic E-state index is 0.111. The first-order valence-corrected chi connectivity index (χ1v) is 10.6. The zero-order chi connectivity index (χ0) is 20.3. The number of aromatic nitrogens is 3. The third-order valence-corrected chi connectivity index (χ3v) is 6.14. The molecule has 2 bridgehead atoms. The summed E-state index contributed by atoms with van der Waals surface area (Å²) < 4.78 is 11.3. The van der Waals surface area contributed by atoms with Crippen molar-refractivity contribution in [1.82, 2.24) is 19.9 Å². The number of hydrogen-bond donors (Lipinski definition) is 1. The van der Waals surface area contributed by atoms with Crippen LogP contribution < -0.4 is 9.47 Å². The molecule has 156 valence electrons. The highest BCUT2D eigenvalue weighted by Crippen LogP contribution is 2.51. The molecule has 2 aromatic rings. The molecule has 2 aromatic heterocycles. The maximum atomic E-state index is 12.0. The fourth-order valence-corrected chi connectivity index (χ4v) is 4.90. The number of likely N-dealkylation sites (tertiary alicyclic amines) is 1. The molecule has 0 amide bonds. The molecule has 3 heterocycles. The fourth-order valence-electron chi connectivity index (χ4n) is 4.90. The van der Waals surface area contributed by atoms with Crippen LogP contribution >= 0.6 is 0 Å². The molecule has 1 saturated carbocycles. The molecule has 2 fully saturated rings. The summed E-state index contributed by atoms with van der Waals surface area (Å²) >= 11 is 0. The van der Waals surface area contributed by atoms with E-state index >= 15 is 0 Å². The van der Waals surface area contributed by atoms with E-state index in [0.717, 1.165) is 44.6 Å². The molecule has 1 aliphatic heterocycles. The Morgan fingerprint density at radius 1 is 1.10 bits per heavy atom. The summed E-state index contributed by atoms with van der Waals surface area (Å²) in [6.45, 7) is 7.24. The van der Waals surface area contributed by atoms with Crippen molar-refractivity contribution in [2.75, 3.05) is 26.3 Å². The van der Waals surface area contributed by atoms with Crippen molar-refractivity contribution in [2.45, 2.75) is 45.3 Å². The van der Waals surface area contributed by atoms with Crippen LogP contribution in [0.4, 0.5) is 0 Å². The standard InChI is InChI=1S/C22H30N4O3/c1-3-28-20-19(12-24-21(25-20)29-4-2)22(27)16-8-7-9-17(22)14-26(13-16)15-18-10-5-6-11-23-18/h5-6,10-12,16-17,27H,3-4,7-9,13-15H2,1-2H3. The van der Waals surface area contributed by atoms with Crippen molar-refractivity contribution >= 4 is 0 Å². The largest absolute Gasteiger partial charge is 0.478 e. The molecule has 7 nitrogen and oxygen atoms in total. The number of ether oxygens (including phenoxy) is 2. The molecule has 29 heavy (non-hydrogen) atoms. The molecule has 1 N–H and O–H groups in total. The van der Waals surface area contributed by atoms with Crippen molar-refractivity contribution in [3.8, 4) is 11.9 Å². The Morgan fingerprint density at radius 3 is 2.52 bits per heavy atom. The quantitative estimate of drug-likeness (QED) is 0.768. The molecular formula is C22H30N4O3. The Bertz CT molecular complexity index is 803. The Labute approximate surface area is 172 Å². The summed E-state index contributed by atoms with van der Waals surface area (Å²) in [5.41, 5.74) is 0.791. The van der Waals surface area contributed by atoms with Crippen LogP contribution in [0.15, 0.2) is 30.6 Å². The average molecular weight is 399 g/mol. The van der Waals surface area contributed by atoms with Gasteiger partial charge in [-0.2, -0.15) is 4.98 Å². The number of aliphatic hydroxyl groups is 1. The van der Waals surface area contributed by atoms with Gasteiger partial charge in [-0.05, 0) is 38.8 Å². The van der Waals surface area contributed by atoms with Gasteiger partial charge in [-0.1, -0.05) is 12.5 Å². The Balaban J connectivity index is 1.62. The van der Waals surface area contributed by atoms with Gasteiger partial charge in [-0.25, -0.2) is 4.98 Å². The third kappa shape index (κ3) is 3.94. The molecular weight excluding hydrogens is 368 g/mol. The summed E-state index contributed by atoms with van der Waals surface area (Å²) in [5.74, 6) is 0.669. The van der Waals surface area contributed by atoms with E-state index in [2.05, 4.69) is 25.9 Å².